The van der Waals surface area contributed by atoms with Crippen LogP contribution in [-0.4, -0.2) is 16.6 Å². The SMILES string of the molecule is CC(C)CNC(=S)N(Cc1ccccc1)Cc1ccccc1. The molecule has 0 heterocycles. The number of nitrogens with zero attached hydrogens (tertiary/aromatic N) is 1. The number of benzene rings is 2. The first-order chi connectivity index (χ1) is 10.6. The second-order valence-electron chi connectivity index (χ2n) is 5.91. The maximum absolute atomic E-state index is 5.61. The lowest BCUT2D eigenvalue weighted by Crippen LogP contribution is -2.40. The summed E-state index contributed by atoms with van der Waals surface area (Å²) >= 11 is 5.61. The van der Waals surface area contributed by atoms with E-state index in [4.69, 9.17) is 12.2 Å². The van der Waals surface area contributed by atoms with Crippen LogP contribution >= 0.6 is 12.2 Å². The number of nitrogens with one attached hydrogen (secondary N) is 1. The molecule has 3 heteroatoms. The third-order valence-corrected chi connectivity index (χ3v) is 3.78. The molecule has 0 radical (unpaired) electrons. The van der Waals surface area contributed by atoms with Gasteiger partial charge in [0.1, 0.15) is 0 Å². The quantitative estimate of drug-likeness (QED) is 0.804. The maximum atomic E-state index is 5.61. The Hall–Kier alpha value is -1.87. The third-order valence-electron chi connectivity index (χ3n) is 3.38. The zero-order valence-corrected chi connectivity index (χ0v) is 14.1. The molecule has 1 N–H and O–H groups in total. The standard InChI is InChI=1S/C19H24N2S/c1-16(2)13-20-19(22)21(14-17-9-5-3-6-10-17)15-18-11-7-4-8-12-18/h3-12,16H,13-15H2,1-2H3,(H,20,22). The van der Waals surface area contributed by atoms with Gasteiger partial charge in [0, 0.05) is 19.6 Å². The lowest BCUT2D eigenvalue weighted by molar-refractivity contribution is 0.395. The molecule has 0 saturated carbocycles. The number of hydrogen-bond acceptors (Lipinski definition) is 1. The van der Waals surface area contributed by atoms with Gasteiger partial charge in [-0.25, -0.2) is 0 Å². The van der Waals surface area contributed by atoms with Crippen molar-refractivity contribution in [3.05, 3.63) is 71.8 Å². The van der Waals surface area contributed by atoms with Crippen LogP contribution < -0.4 is 5.32 Å². The fourth-order valence-electron chi connectivity index (χ4n) is 2.21. The highest BCUT2D eigenvalue weighted by atomic mass is 32.1. The minimum absolute atomic E-state index is 0.577. The lowest BCUT2D eigenvalue weighted by Gasteiger charge is -2.27. The molecule has 0 bridgehead atoms. The molecule has 0 spiro atoms. The fraction of sp³-hybridized carbons (Fsp3) is 0.316. The van der Waals surface area contributed by atoms with Gasteiger partial charge in [0.15, 0.2) is 5.11 Å². The molecule has 2 aromatic carbocycles. The molecule has 0 fully saturated rings. The smallest absolute Gasteiger partial charge is 0.169 e. The van der Waals surface area contributed by atoms with Crippen LogP contribution in [0.3, 0.4) is 0 Å². The van der Waals surface area contributed by atoms with Crippen molar-refractivity contribution in [1.82, 2.24) is 10.2 Å². The minimum atomic E-state index is 0.577. The van der Waals surface area contributed by atoms with Gasteiger partial charge in [-0.15, -0.1) is 0 Å². The van der Waals surface area contributed by atoms with E-state index >= 15 is 0 Å². The fourth-order valence-corrected chi connectivity index (χ4v) is 2.42. The Bertz CT molecular complexity index is 525. The first-order valence-corrected chi connectivity index (χ1v) is 8.16. The van der Waals surface area contributed by atoms with Crippen molar-refractivity contribution in [3.8, 4) is 0 Å². The van der Waals surface area contributed by atoms with Crippen molar-refractivity contribution in [3.63, 3.8) is 0 Å². The average Bonchev–Trinajstić information content (AvgIpc) is 2.54. The van der Waals surface area contributed by atoms with Crippen molar-refractivity contribution in [1.29, 1.82) is 0 Å². The molecule has 0 atom stereocenters. The van der Waals surface area contributed by atoms with Crippen LogP contribution in [0.4, 0.5) is 0 Å². The Morgan fingerprint density at radius 1 is 0.909 bits per heavy atom. The molecule has 22 heavy (non-hydrogen) atoms. The minimum Gasteiger partial charge on any atom is -0.362 e. The highest BCUT2D eigenvalue weighted by molar-refractivity contribution is 7.80. The molecule has 0 amide bonds. The summed E-state index contributed by atoms with van der Waals surface area (Å²) in [7, 11) is 0. The van der Waals surface area contributed by atoms with Gasteiger partial charge in [-0.05, 0) is 29.3 Å². The van der Waals surface area contributed by atoms with Gasteiger partial charge in [0.05, 0.1) is 0 Å². The molecule has 2 rings (SSSR count). The lowest BCUT2D eigenvalue weighted by atomic mass is 10.2. The van der Waals surface area contributed by atoms with Crippen LogP contribution in [0, 0.1) is 5.92 Å². The number of thiocarbonyl (C=S) groups is 1. The Morgan fingerprint density at radius 2 is 1.36 bits per heavy atom. The summed E-state index contributed by atoms with van der Waals surface area (Å²) in [5.74, 6) is 0.577. The van der Waals surface area contributed by atoms with Crippen molar-refractivity contribution in [2.45, 2.75) is 26.9 Å². The average molecular weight is 312 g/mol. The maximum Gasteiger partial charge on any atom is 0.169 e. The van der Waals surface area contributed by atoms with Crippen LogP contribution in [0.1, 0.15) is 25.0 Å². The van der Waals surface area contributed by atoms with Gasteiger partial charge in [-0.3, -0.25) is 0 Å². The third kappa shape index (κ3) is 5.49. The van der Waals surface area contributed by atoms with Crippen molar-refractivity contribution < 1.29 is 0 Å². The highest BCUT2D eigenvalue weighted by Gasteiger charge is 2.11. The van der Waals surface area contributed by atoms with Gasteiger partial charge < -0.3 is 10.2 Å². The first-order valence-electron chi connectivity index (χ1n) is 7.76. The van der Waals surface area contributed by atoms with Crippen LogP contribution in [0.2, 0.25) is 0 Å². The predicted octanol–water partition coefficient (Wildman–Crippen LogP) is 4.22. The molecule has 0 saturated heterocycles. The summed E-state index contributed by atoms with van der Waals surface area (Å²) in [6, 6.07) is 20.9. The molecule has 116 valence electrons. The van der Waals surface area contributed by atoms with E-state index in [0.29, 0.717) is 5.92 Å². The molecule has 0 aromatic heterocycles. The summed E-state index contributed by atoms with van der Waals surface area (Å²) in [6.07, 6.45) is 0. The van der Waals surface area contributed by atoms with Crippen LogP contribution in [0.5, 0.6) is 0 Å². The van der Waals surface area contributed by atoms with Crippen molar-refractivity contribution >= 4 is 17.3 Å². The summed E-state index contributed by atoms with van der Waals surface area (Å²) < 4.78 is 0. The molecule has 0 aliphatic rings. The van der Waals surface area contributed by atoms with E-state index in [9.17, 15) is 0 Å². The number of hydrogen-bond donors (Lipinski definition) is 1. The van der Waals surface area contributed by atoms with Gasteiger partial charge in [-0.1, -0.05) is 74.5 Å². The Morgan fingerprint density at radius 3 is 1.77 bits per heavy atom. The molecule has 2 nitrogen and oxygen atoms in total. The molecule has 2 aromatic rings. The monoisotopic (exact) mass is 312 g/mol. The largest absolute Gasteiger partial charge is 0.362 e. The predicted molar refractivity (Wildman–Crippen MR) is 97.6 cm³/mol. The van der Waals surface area contributed by atoms with E-state index in [1.165, 1.54) is 11.1 Å². The van der Waals surface area contributed by atoms with Gasteiger partial charge in [0.25, 0.3) is 0 Å². The van der Waals surface area contributed by atoms with E-state index in [2.05, 4.69) is 72.6 Å². The summed E-state index contributed by atoms with van der Waals surface area (Å²) in [5.41, 5.74) is 2.54. The van der Waals surface area contributed by atoms with Crippen LogP contribution in [-0.2, 0) is 13.1 Å². The zero-order valence-electron chi connectivity index (χ0n) is 13.3. The molecule has 0 aliphatic carbocycles. The van der Waals surface area contributed by atoms with Gasteiger partial charge in [-0.2, -0.15) is 0 Å². The van der Waals surface area contributed by atoms with Gasteiger partial charge >= 0.3 is 0 Å². The highest BCUT2D eigenvalue weighted by Crippen LogP contribution is 2.10. The zero-order chi connectivity index (χ0) is 15.8. The van der Waals surface area contributed by atoms with E-state index in [1.54, 1.807) is 0 Å². The first kappa shape index (κ1) is 16.5. The van der Waals surface area contributed by atoms with E-state index < -0.39 is 0 Å². The summed E-state index contributed by atoms with van der Waals surface area (Å²) in [6.45, 7) is 6.92. The van der Waals surface area contributed by atoms with E-state index in [0.717, 1.165) is 24.7 Å². The normalized spacial score (nSPS) is 10.5. The number of rotatable bonds is 6. The Balaban J connectivity index is 2.07. The molecule has 0 aliphatic heterocycles. The van der Waals surface area contributed by atoms with Crippen LogP contribution in [0.25, 0.3) is 0 Å². The molecular formula is C19H24N2S. The summed E-state index contributed by atoms with van der Waals surface area (Å²) in [4.78, 5) is 2.22. The van der Waals surface area contributed by atoms with Crippen LogP contribution in [0.15, 0.2) is 60.7 Å². The van der Waals surface area contributed by atoms with E-state index in [-0.39, 0.29) is 0 Å². The second kappa shape index (κ2) is 8.54. The topological polar surface area (TPSA) is 15.3 Å². The van der Waals surface area contributed by atoms with Crippen molar-refractivity contribution in [2.24, 2.45) is 5.92 Å². The van der Waals surface area contributed by atoms with Gasteiger partial charge in [0.2, 0.25) is 0 Å². The summed E-state index contributed by atoms with van der Waals surface area (Å²) in [5, 5.41) is 4.20. The van der Waals surface area contributed by atoms with E-state index in [1.807, 2.05) is 12.1 Å². The Kier molecular flexibility index (Phi) is 6.41. The van der Waals surface area contributed by atoms with Crippen molar-refractivity contribution in [2.75, 3.05) is 6.54 Å². The molecule has 0 unspecified atom stereocenters. The molecular weight excluding hydrogens is 288 g/mol. The Labute approximate surface area is 139 Å². The second-order valence-corrected chi connectivity index (χ2v) is 6.29.